The number of hydrogen-bond acceptors (Lipinski definition) is 2. The molecule has 0 saturated carbocycles. The van der Waals surface area contributed by atoms with Crippen LogP contribution >= 0.6 is 23.2 Å². The van der Waals surface area contributed by atoms with Crippen molar-refractivity contribution in [2.45, 2.75) is 32.7 Å². The van der Waals surface area contributed by atoms with Crippen molar-refractivity contribution in [3.05, 3.63) is 33.8 Å². The molecule has 1 N–H and O–H groups in total. The van der Waals surface area contributed by atoms with Crippen LogP contribution in [-0.4, -0.2) is 29.1 Å². The Labute approximate surface area is 129 Å². The maximum atomic E-state index is 11.5. The van der Waals surface area contributed by atoms with Crippen LogP contribution in [0.3, 0.4) is 0 Å². The molecule has 0 spiro atoms. The predicted molar refractivity (Wildman–Crippen MR) is 81.4 cm³/mol. The van der Waals surface area contributed by atoms with Gasteiger partial charge in [0.05, 0.1) is 15.5 Å². The molecule has 2 atom stereocenters. The molecule has 2 unspecified atom stereocenters. The first-order valence-electron chi connectivity index (χ1n) is 6.82. The van der Waals surface area contributed by atoms with Crippen LogP contribution in [-0.2, 0) is 4.79 Å². The summed E-state index contributed by atoms with van der Waals surface area (Å²) in [6, 6.07) is 5.74. The highest BCUT2D eigenvalue weighted by Crippen LogP contribution is 2.39. The second-order valence-electron chi connectivity index (χ2n) is 5.51. The third-order valence-corrected chi connectivity index (χ3v) is 5.23. The van der Waals surface area contributed by atoms with E-state index in [0.717, 1.165) is 12.1 Å². The molecule has 2 rings (SSSR count). The molecule has 5 heteroatoms. The number of halogens is 2. The number of carbonyl (C=O) groups is 1. The number of aliphatic carboxylic acids is 1. The standard InChI is InChI=1S/C15H19Cl2NO2/c1-3-15(14(19)20)6-7-18(9-15)10(2)11-4-5-12(16)13(17)8-11/h4-5,8,10H,3,6-7,9H2,1-2H3,(H,19,20). The highest BCUT2D eigenvalue weighted by molar-refractivity contribution is 6.42. The molecule has 0 radical (unpaired) electrons. The van der Waals surface area contributed by atoms with Crippen LogP contribution in [0.15, 0.2) is 18.2 Å². The van der Waals surface area contributed by atoms with E-state index in [1.165, 1.54) is 0 Å². The molecule has 110 valence electrons. The van der Waals surface area contributed by atoms with Gasteiger partial charge in [-0.1, -0.05) is 36.2 Å². The fraction of sp³-hybridized carbons (Fsp3) is 0.533. The summed E-state index contributed by atoms with van der Waals surface area (Å²) in [5, 5.41) is 10.5. The highest BCUT2D eigenvalue weighted by atomic mass is 35.5. The van der Waals surface area contributed by atoms with Crippen LogP contribution in [0.1, 0.15) is 38.3 Å². The Kier molecular flexibility index (Phi) is 4.62. The number of benzene rings is 1. The van der Waals surface area contributed by atoms with Crippen molar-refractivity contribution >= 4 is 29.2 Å². The lowest BCUT2D eigenvalue weighted by Crippen LogP contribution is -2.35. The normalized spacial score (nSPS) is 24.8. The van der Waals surface area contributed by atoms with Gasteiger partial charge in [0.1, 0.15) is 0 Å². The largest absolute Gasteiger partial charge is 0.481 e. The molecule has 1 aliphatic rings. The molecule has 1 heterocycles. The van der Waals surface area contributed by atoms with Gasteiger partial charge in [0.2, 0.25) is 0 Å². The van der Waals surface area contributed by atoms with E-state index in [9.17, 15) is 9.90 Å². The Bertz CT molecular complexity index is 521. The molecule has 1 aromatic carbocycles. The summed E-state index contributed by atoms with van der Waals surface area (Å²) < 4.78 is 0. The van der Waals surface area contributed by atoms with Gasteiger partial charge >= 0.3 is 5.97 Å². The lowest BCUT2D eigenvalue weighted by atomic mass is 9.84. The fourth-order valence-corrected chi connectivity index (χ4v) is 3.14. The summed E-state index contributed by atoms with van der Waals surface area (Å²) in [6.45, 7) is 5.40. The summed E-state index contributed by atoms with van der Waals surface area (Å²) in [5.41, 5.74) is 0.460. The smallest absolute Gasteiger partial charge is 0.310 e. The van der Waals surface area contributed by atoms with Crippen molar-refractivity contribution in [3.63, 3.8) is 0 Å². The molecule has 0 aliphatic carbocycles. The molecule has 1 fully saturated rings. The lowest BCUT2D eigenvalue weighted by molar-refractivity contribution is -0.148. The molecule has 0 amide bonds. The van der Waals surface area contributed by atoms with Crippen molar-refractivity contribution in [1.82, 2.24) is 4.90 Å². The topological polar surface area (TPSA) is 40.5 Å². The van der Waals surface area contributed by atoms with Gasteiger partial charge in [-0.2, -0.15) is 0 Å². The van der Waals surface area contributed by atoms with Crippen LogP contribution in [0.4, 0.5) is 0 Å². The minimum absolute atomic E-state index is 0.137. The van der Waals surface area contributed by atoms with Crippen molar-refractivity contribution < 1.29 is 9.90 Å². The first kappa shape index (κ1) is 15.6. The molecule has 3 nitrogen and oxygen atoms in total. The minimum atomic E-state index is -0.691. The van der Waals surface area contributed by atoms with Gasteiger partial charge < -0.3 is 5.11 Å². The van der Waals surface area contributed by atoms with Crippen LogP contribution in [0.25, 0.3) is 0 Å². The Morgan fingerprint density at radius 1 is 1.45 bits per heavy atom. The molecule has 1 aromatic rings. The molecular formula is C15H19Cl2NO2. The van der Waals surface area contributed by atoms with Gasteiger partial charge in [0.25, 0.3) is 0 Å². The number of hydrogen-bond donors (Lipinski definition) is 1. The van der Waals surface area contributed by atoms with Gasteiger partial charge in [0.15, 0.2) is 0 Å². The monoisotopic (exact) mass is 315 g/mol. The van der Waals surface area contributed by atoms with Gasteiger partial charge in [0, 0.05) is 12.6 Å². The first-order chi connectivity index (χ1) is 9.39. The number of carboxylic acid groups (broad SMARTS) is 1. The third-order valence-electron chi connectivity index (χ3n) is 4.49. The molecule has 1 saturated heterocycles. The van der Waals surface area contributed by atoms with Crippen molar-refractivity contribution in [2.75, 3.05) is 13.1 Å². The summed E-state index contributed by atoms with van der Waals surface area (Å²) in [6.07, 6.45) is 1.36. The number of rotatable bonds is 4. The second kappa shape index (κ2) is 5.92. The van der Waals surface area contributed by atoms with Crippen LogP contribution < -0.4 is 0 Å². The fourth-order valence-electron chi connectivity index (χ4n) is 2.83. The quantitative estimate of drug-likeness (QED) is 0.903. The van der Waals surface area contributed by atoms with E-state index in [4.69, 9.17) is 23.2 Å². The van der Waals surface area contributed by atoms with Crippen molar-refractivity contribution in [2.24, 2.45) is 5.41 Å². The first-order valence-corrected chi connectivity index (χ1v) is 7.57. The van der Waals surface area contributed by atoms with E-state index in [1.54, 1.807) is 6.07 Å². The molecule has 20 heavy (non-hydrogen) atoms. The molecule has 0 aromatic heterocycles. The van der Waals surface area contributed by atoms with E-state index >= 15 is 0 Å². The number of carboxylic acids is 1. The lowest BCUT2D eigenvalue weighted by Gasteiger charge is -2.27. The van der Waals surface area contributed by atoms with Gasteiger partial charge in [-0.3, -0.25) is 9.69 Å². The Balaban J connectivity index is 2.17. The molecule has 0 bridgehead atoms. The predicted octanol–water partition coefficient (Wildman–Crippen LogP) is 4.24. The maximum absolute atomic E-state index is 11.5. The molecule has 1 aliphatic heterocycles. The Morgan fingerprint density at radius 3 is 2.65 bits per heavy atom. The summed E-state index contributed by atoms with van der Waals surface area (Å²) in [4.78, 5) is 13.7. The number of likely N-dealkylation sites (tertiary alicyclic amines) is 1. The average Bonchev–Trinajstić information content (AvgIpc) is 2.87. The zero-order chi connectivity index (χ0) is 14.9. The van der Waals surface area contributed by atoms with Crippen molar-refractivity contribution in [1.29, 1.82) is 0 Å². The van der Waals surface area contributed by atoms with Crippen LogP contribution in [0.2, 0.25) is 10.0 Å². The van der Waals surface area contributed by atoms with Gasteiger partial charge in [-0.25, -0.2) is 0 Å². The Hall–Kier alpha value is -0.770. The highest BCUT2D eigenvalue weighted by Gasteiger charge is 2.44. The van der Waals surface area contributed by atoms with E-state index in [1.807, 2.05) is 19.1 Å². The van der Waals surface area contributed by atoms with Crippen LogP contribution in [0, 0.1) is 5.41 Å². The van der Waals surface area contributed by atoms with E-state index in [0.29, 0.717) is 29.4 Å². The summed E-state index contributed by atoms with van der Waals surface area (Å²) in [7, 11) is 0. The third kappa shape index (κ3) is 2.80. The molecular weight excluding hydrogens is 297 g/mol. The van der Waals surface area contributed by atoms with Crippen molar-refractivity contribution in [3.8, 4) is 0 Å². The minimum Gasteiger partial charge on any atom is -0.481 e. The van der Waals surface area contributed by atoms with E-state index in [-0.39, 0.29) is 6.04 Å². The van der Waals surface area contributed by atoms with Gasteiger partial charge in [-0.05, 0) is 44.0 Å². The average molecular weight is 316 g/mol. The van der Waals surface area contributed by atoms with E-state index in [2.05, 4.69) is 11.8 Å². The second-order valence-corrected chi connectivity index (χ2v) is 6.32. The zero-order valence-corrected chi connectivity index (χ0v) is 13.2. The summed E-state index contributed by atoms with van der Waals surface area (Å²) >= 11 is 12.0. The van der Waals surface area contributed by atoms with E-state index < -0.39 is 11.4 Å². The SMILES string of the molecule is CCC1(C(=O)O)CCN(C(C)c2ccc(Cl)c(Cl)c2)C1. The zero-order valence-electron chi connectivity index (χ0n) is 11.7. The number of nitrogens with zero attached hydrogens (tertiary/aromatic N) is 1. The Morgan fingerprint density at radius 2 is 2.15 bits per heavy atom. The summed E-state index contributed by atoms with van der Waals surface area (Å²) in [5.74, 6) is -0.691. The maximum Gasteiger partial charge on any atom is 0.310 e. The van der Waals surface area contributed by atoms with Crippen LogP contribution in [0.5, 0.6) is 0 Å². The van der Waals surface area contributed by atoms with Gasteiger partial charge in [-0.15, -0.1) is 0 Å².